The third kappa shape index (κ3) is 2.13. The number of halogens is 1. The van der Waals surface area contributed by atoms with Crippen LogP contribution in [0.5, 0.6) is 0 Å². The van der Waals surface area contributed by atoms with Crippen LogP contribution in [0, 0.1) is 23.7 Å². The number of fused-ring (bicyclic) bond motifs is 2. The quantitative estimate of drug-likeness (QED) is 0.421. The molecule has 0 aliphatic heterocycles. The lowest BCUT2D eigenvalue weighted by atomic mass is 9.98. The highest BCUT2D eigenvalue weighted by atomic mass is 35.5. The van der Waals surface area contributed by atoms with E-state index in [9.17, 15) is 15.0 Å². The zero-order valence-corrected chi connectivity index (χ0v) is 14.6. The summed E-state index contributed by atoms with van der Waals surface area (Å²) in [6.45, 7) is 0.239. The second kappa shape index (κ2) is 5.81. The molecule has 26 heavy (non-hydrogen) atoms. The van der Waals surface area contributed by atoms with Gasteiger partial charge < -0.3 is 25.4 Å². The number of nitrogens with zero attached hydrogens (tertiary/aromatic N) is 4. The standard InChI is InChI=1S/C16H17ClN6O3/c1-3-4-19-12-8-13(22-15(17)21-12)23(6-20-8)9-7-5-16(7,14(26)18-2)11(25)10(9)24/h1,6-7,9-11,24-25H,4-5H2,2H3,(H,18,26)(H,19,21,22)/t7-,9-,10+,11+,16+/m1/s1. The smallest absolute Gasteiger partial charge is 0.229 e. The van der Waals surface area contributed by atoms with Crippen molar-refractivity contribution < 1.29 is 15.0 Å². The van der Waals surface area contributed by atoms with Crippen LogP contribution in [-0.4, -0.2) is 61.4 Å². The lowest BCUT2D eigenvalue weighted by molar-refractivity contribution is -0.132. The van der Waals surface area contributed by atoms with Gasteiger partial charge in [0, 0.05) is 13.0 Å². The van der Waals surface area contributed by atoms with Gasteiger partial charge in [-0.3, -0.25) is 4.79 Å². The molecule has 1 amide bonds. The van der Waals surface area contributed by atoms with Gasteiger partial charge in [0.2, 0.25) is 11.2 Å². The van der Waals surface area contributed by atoms with Crippen LogP contribution in [0.4, 0.5) is 5.82 Å². The number of rotatable bonds is 4. The summed E-state index contributed by atoms with van der Waals surface area (Å²) in [6, 6.07) is -0.543. The number of aromatic nitrogens is 4. The summed E-state index contributed by atoms with van der Waals surface area (Å²) in [6.07, 6.45) is 4.97. The number of aliphatic hydroxyl groups excluding tert-OH is 2. The molecule has 2 aliphatic rings. The molecule has 0 radical (unpaired) electrons. The van der Waals surface area contributed by atoms with E-state index in [4.69, 9.17) is 18.0 Å². The topological polar surface area (TPSA) is 125 Å². The molecule has 136 valence electrons. The highest BCUT2D eigenvalue weighted by molar-refractivity contribution is 6.28. The molecule has 2 fully saturated rings. The van der Waals surface area contributed by atoms with Gasteiger partial charge in [0.25, 0.3) is 0 Å². The molecule has 2 aromatic heterocycles. The Morgan fingerprint density at radius 1 is 1.54 bits per heavy atom. The van der Waals surface area contributed by atoms with Crippen LogP contribution in [0.25, 0.3) is 11.2 Å². The summed E-state index contributed by atoms with van der Waals surface area (Å²) in [7, 11) is 1.52. The van der Waals surface area contributed by atoms with Crippen LogP contribution < -0.4 is 10.6 Å². The van der Waals surface area contributed by atoms with Crippen molar-refractivity contribution in [1.29, 1.82) is 0 Å². The number of imidazole rings is 1. The normalized spacial score (nSPS) is 32.1. The minimum atomic E-state index is -1.16. The molecule has 4 rings (SSSR count). The summed E-state index contributed by atoms with van der Waals surface area (Å²) in [5, 5.41) is 26.6. The number of anilines is 1. The first-order valence-electron chi connectivity index (χ1n) is 8.11. The Bertz CT molecular complexity index is 940. The van der Waals surface area contributed by atoms with Crippen molar-refractivity contribution >= 4 is 34.5 Å². The Morgan fingerprint density at radius 2 is 2.31 bits per heavy atom. The van der Waals surface area contributed by atoms with Crippen LogP contribution in [-0.2, 0) is 4.79 Å². The maximum atomic E-state index is 12.3. The van der Waals surface area contributed by atoms with Crippen molar-refractivity contribution in [2.24, 2.45) is 11.3 Å². The fourth-order valence-corrected chi connectivity index (χ4v) is 4.32. The Morgan fingerprint density at radius 3 is 3.00 bits per heavy atom. The second-order valence-corrected chi connectivity index (χ2v) is 6.92. The van der Waals surface area contributed by atoms with Gasteiger partial charge in [0.15, 0.2) is 17.0 Å². The van der Waals surface area contributed by atoms with Crippen molar-refractivity contribution in [3.05, 3.63) is 11.6 Å². The van der Waals surface area contributed by atoms with E-state index in [2.05, 4.69) is 31.5 Å². The predicted octanol–water partition coefficient (Wildman–Crippen LogP) is -0.446. The summed E-state index contributed by atoms with van der Waals surface area (Å²) < 4.78 is 1.65. The zero-order chi connectivity index (χ0) is 18.6. The Labute approximate surface area is 153 Å². The first kappa shape index (κ1) is 17.0. The van der Waals surface area contributed by atoms with Gasteiger partial charge in [-0.1, -0.05) is 5.92 Å². The SMILES string of the molecule is C#CCNc1nc(Cl)nc2c1ncn2[C@H]1[C@H](O)[C@H](O)[C@]2(C(=O)NC)C[C@H]12. The molecule has 2 aromatic rings. The molecule has 0 aromatic carbocycles. The highest BCUT2D eigenvalue weighted by Gasteiger charge is 2.75. The van der Waals surface area contributed by atoms with E-state index < -0.39 is 23.7 Å². The average Bonchev–Trinajstić information content (AvgIpc) is 3.17. The van der Waals surface area contributed by atoms with E-state index in [1.54, 1.807) is 4.57 Å². The molecule has 5 atom stereocenters. The first-order chi connectivity index (χ1) is 12.5. The van der Waals surface area contributed by atoms with Gasteiger partial charge in [0.05, 0.1) is 30.4 Å². The Balaban J connectivity index is 1.78. The van der Waals surface area contributed by atoms with Gasteiger partial charge in [0.1, 0.15) is 6.10 Å². The fourth-order valence-electron chi connectivity index (χ4n) is 4.15. The molecule has 0 spiro atoms. The molecule has 2 saturated carbocycles. The maximum absolute atomic E-state index is 12.3. The Kier molecular flexibility index (Phi) is 3.80. The van der Waals surface area contributed by atoms with Crippen molar-refractivity contribution in [3.8, 4) is 12.3 Å². The lowest BCUT2D eigenvalue weighted by Gasteiger charge is -2.23. The van der Waals surface area contributed by atoms with E-state index in [-0.39, 0.29) is 23.7 Å². The zero-order valence-electron chi connectivity index (χ0n) is 13.8. The third-order valence-corrected chi connectivity index (χ3v) is 5.56. The summed E-state index contributed by atoms with van der Waals surface area (Å²) >= 11 is 6.02. The molecule has 0 unspecified atom stereocenters. The molecule has 4 N–H and O–H groups in total. The number of amides is 1. The lowest BCUT2D eigenvalue weighted by Crippen LogP contribution is -2.41. The summed E-state index contributed by atoms with van der Waals surface area (Å²) in [4.78, 5) is 24.9. The van der Waals surface area contributed by atoms with Crippen molar-refractivity contribution in [3.63, 3.8) is 0 Å². The largest absolute Gasteiger partial charge is 0.389 e. The molecule has 9 nitrogen and oxygen atoms in total. The highest BCUT2D eigenvalue weighted by Crippen LogP contribution is 2.67. The maximum Gasteiger partial charge on any atom is 0.229 e. The molecule has 2 heterocycles. The number of carbonyl (C=O) groups excluding carboxylic acids is 1. The number of hydrogen-bond acceptors (Lipinski definition) is 7. The summed E-state index contributed by atoms with van der Waals surface area (Å²) in [5.41, 5.74) is -0.124. The van der Waals surface area contributed by atoms with E-state index in [1.165, 1.54) is 13.4 Å². The molecular formula is C16H17ClN6O3. The number of terminal acetylenes is 1. The van der Waals surface area contributed by atoms with Crippen LogP contribution in [0.15, 0.2) is 6.33 Å². The van der Waals surface area contributed by atoms with Gasteiger partial charge in [-0.15, -0.1) is 6.42 Å². The van der Waals surface area contributed by atoms with E-state index >= 15 is 0 Å². The van der Waals surface area contributed by atoms with Gasteiger partial charge in [-0.2, -0.15) is 9.97 Å². The number of hydrogen-bond donors (Lipinski definition) is 4. The van der Waals surface area contributed by atoms with E-state index in [0.29, 0.717) is 23.4 Å². The number of carbonyl (C=O) groups is 1. The number of aliphatic hydroxyl groups is 2. The molecule has 0 bridgehead atoms. The molecular weight excluding hydrogens is 360 g/mol. The van der Waals surface area contributed by atoms with Crippen LogP contribution in [0.3, 0.4) is 0 Å². The molecule has 2 aliphatic carbocycles. The van der Waals surface area contributed by atoms with Crippen LogP contribution in [0.2, 0.25) is 5.28 Å². The van der Waals surface area contributed by atoms with E-state index in [1.807, 2.05) is 0 Å². The Hall–Kier alpha value is -2.41. The molecule has 10 heteroatoms. The first-order valence-corrected chi connectivity index (χ1v) is 8.49. The van der Waals surface area contributed by atoms with Crippen molar-refractivity contribution in [1.82, 2.24) is 24.8 Å². The average molecular weight is 377 g/mol. The van der Waals surface area contributed by atoms with Crippen LogP contribution in [0.1, 0.15) is 12.5 Å². The van der Waals surface area contributed by atoms with Gasteiger partial charge in [-0.25, -0.2) is 4.98 Å². The predicted molar refractivity (Wildman–Crippen MR) is 93.3 cm³/mol. The minimum Gasteiger partial charge on any atom is -0.389 e. The van der Waals surface area contributed by atoms with Gasteiger partial charge in [-0.05, 0) is 18.0 Å². The molecule has 0 saturated heterocycles. The van der Waals surface area contributed by atoms with Crippen molar-refractivity contribution in [2.45, 2.75) is 24.7 Å². The van der Waals surface area contributed by atoms with E-state index in [0.717, 1.165) is 0 Å². The monoisotopic (exact) mass is 376 g/mol. The summed E-state index contributed by atoms with van der Waals surface area (Å²) in [5.74, 6) is 2.34. The van der Waals surface area contributed by atoms with Crippen molar-refractivity contribution in [2.75, 3.05) is 18.9 Å². The van der Waals surface area contributed by atoms with Gasteiger partial charge >= 0.3 is 0 Å². The second-order valence-electron chi connectivity index (χ2n) is 6.58. The fraction of sp³-hybridized carbons (Fsp3) is 0.500. The van der Waals surface area contributed by atoms with Crippen LogP contribution >= 0.6 is 11.6 Å². The number of nitrogens with one attached hydrogen (secondary N) is 2. The third-order valence-electron chi connectivity index (χ3n) is 5.40. The minimum absolute atomic E-state index is 0.000156.